The minimum Gasteiger partial charge on any atom is -0.488 e. The lowest BCUT2D eigenvalue weighted by molar-refractivity contribution is 0.310. The minimum absolute atomic E-state index is 0.507. The van der Waals surface area contributed by atoms with Gasteiger partial charge in [-0.05, 0) is 45.8 Å². The molecule has 1 aromatic heterocycles. The SMILES string of the molecule is NC(=S)Cc1ccc(OCc2ccc(Br)s2)cc1. The smallest absolute Gasteiger partial charge is 0.122 e. The fraction of sp³-hybridized carbons (Fsp3) is 0.154. The van der Waals surface area contributed by atoms with E-state index in [9.17, 15) is 0 Å². The number of nitrogens with two attached hydrogens (primary N) is 1. The fourth-order valence-corrected chi connectivity index (χ4v) is 3.05. The van der Waals surface area contributed by atoms with Gasteiger partial charge in [0.15, 0.2) is 0 Å². The van der Waals surface area contributed by atoms with Crippen molar-refractivity contribution in [1.29, 1.82) is 0 Å². The van der Waals surface area contributed by atoms with E-state index in [1.165, 1.54) is 4.88 Å². The summed E-state index contributed by atoms with van der Waals surface area (Å²) in [5.74, 6) is 0.853. The number of thiophene rings is 1. The van der Waals surface area contributed by atoms with Crippen LogP contribution < -0.4 is 10.5 Å². The minimum atomic E-state index is 0.507. The molecule has 0 aliphatic rings. The van der Waals surface area contributed by atoms with Crippen LogP contribution in [0.15, 0.2) is 40.2 Å². The summed E-state index contributed by atoms with van der Waals surface area (Å²) in [5, 5.41) is 0. The van der Waals surface area contributed by atoms with Gasteiger partial charge in [-0.3, -0.25) is 0 Å². The highest BCUT2D eigenvalue weighted by Crippen LogP contribution is 2.23. The lowest BCUT2D eigenvalue weighted by Crippen LogP contribution is -2.10. The average molecular weight is 342 g/mol. The molecule has 2 aromatic rings. The molecule has 1 aromatic carbocycles. The van der Waals surface area contributed by atoms with Crippen molar-refractivity contribution in [2.24, 2.45) is 5.73 Å². The molecular weight excluding hydrogens is 330 g/mol. The van der Waals surface area contributed by atoms with Gasteiger partial charge in [0.2, 0.25) is 0 Å². The molecule has 2 nitrogen and oxygen atoms in total. The van der Waals surface area contributed by atoms with Gasteiger partial charge >= 0.3 is 0 Å². The Morgan fingerprint density at radius 2 is 1.94 bits per heavy atom. The Labute approximate surface area is 124 Å². The van der Waals surface area contributed by atoms with Gasteiger partial charge < -0.3 is 10.5 Å². The van der Waals surface area contributed by atoms with Crippen LogP contribution >= 0.6 is 39.5 Å². The summed E-state index contributed by atoms with van der Waals surface area (Å²) in [4.78, 5) is 1.70. The van der Waals surface area contributed by atoms with Crippen molar-refractivity contribution in [3.8, 4) is 5.75 Å². The van der Waals surface area contributed by atoms with Crippen molar-refractivity contribution in [3.05, 3.63) is 50.6 Å². The summed E-state index contributed by atoms with van der Waals surface area (Å²) in [6.07, 6.45) is 0.632. The van der Waals surface area contributed by atoms with E-state index in [0.717, 1.165) is 15.1 Å². The first-order valence-electron chi connectivity index (χ1n) is 5.38. The number of rotatable bonds is 5. The summed E-state index contributed by atoms with van der Waals surface area (Å²) in [6, 6.07) is 11.9. The van der Waals surface area contributed by atoms with Crippen molar-refractivity contribution >= 4 is 44.5 Å². The van der Waals surface area contributed by atoms with E-state index in [2.05, 4.69) is 22.0 Å². The van der Waals surface area contributed by atoms with Gasteiger partial charge in [-0.2, -0.15) is 0 Å². The molecule has 0 aliphatic carbocycles. The first-order valence-corrected chi connectivity index (χ1v) is 7.39. The van der Waals surface area contributed by atoms with E-state index in [1.54, 1.807) is 11.3 Å². The molecule has 18 heavy (non-hydrogen) atoms. The standard InChI is InChI=1S/C13H12BrNOS2/c14-12-6-5-11(18-12)8-16-10-3-1-9(2-4-10)7-13(15)17/h1-6H,7-8H2,(H2,15,17). The van der Waals surface area contributed by atoms with Crippen molar-refractivity contribution < 1.29 is 4.74 Å². The highest BCUT2D eigenvalue weighted by atomic mass is 79.9. The normalized spacial score (nSPS) is 10.3. The molecule has 5 heteroatoms. The monoisotopic (exact) mass is 341 g/mol. The van der Waals surface area contributed by atoms with Gasteiger partial charge in [0.05, 0.1) is 8.77 Å². The molecule has 2 rings (SSSR count). The zero-order valence-electron chi connectivity index (χ0n) is 9.56. The van der Waals surface area contributed by atoms with Crippen LogP contribution in [0.5, 0.6) is 5.75 Å². The molecule has 0 radical (unpaired) electrons. The van der Waals surface area contributed by atoms with Crippen LogP contribution in [0.1, 0.15) is 10.4 Å². The van der Waals surface area contributed by atoms with Crippen LogP contribution in [0.3, 0.4) is 0 Å². The Morgan fingerprint density at radius 3 is 2.50 bits per heavy atom. The van der Waals surface area contributed by atoms with Crippen LogP contribution in [0.2, 0.25) is 0 Å². The molecule has 0 saturated heterocycles. The summed E-state index contributed by atoms with van der Waals surface area (Å²) >= 11 is 9.98. The lowest BCUT2D eigenvalue weighted by Gasteiger charge is -2.05. The Hall–Kier alpha value is -0.910. The number of ether oxygens (including phenoxy) is 1. The van der Waals surface area contributed by atoms with Crippen LogP contribution in [-0.4, -0.2) is 4.99 Å². The Bertz CT molecular complexity index is 536. The average Bonchev–Trinajstić information content (AvgIpc) is 2.74. The second kappa shape index (κ2) is 6.31. The lowest BCUT2D eigenvalue weighted by atomic mass is 10.1. The molecule has 0 fully saturated rings. The zero-order valence-corrected chi connectivity index (χ0v) is 12.8. The maximum Gasteiger partial charge on any atom is 0.122 e. The fourth-order valence-electron chi connectivity index (χ4n) is 1.49. The van der Waals surface area contributed by atoms with Gasteiger partial charge in [-0.15, -0.1) is 11.3 Å². The van der Waals surface area contributed by atoms with Gasteiger partial charge in [0.1, 0.15) is 12.4 Å². The highest BCUT2D eigenvalue weighted by Gasteiger charge is 2.00. The van der Waals surface area contributed by atoms with Gasteiger partial charge in [0, 0.05) is 11.3 Å². The Kier molecular flexibility index (Phi) is 4.74. The quantitative estimate of drug-likeness (QED) is 0.837. The molecule has 0 saturated carbocycles. The summed E-state index contributed by atoms with van der Waals surface area (Å²) < 4.78 is 6.81. The molecule has 94 valence electrons. The topological polar surface area (TPSA) is 35.2 Å². The number of halogens is 1. The largest absolute Gasteiger partial charge is 0.488 e. The first kappa shape index (κ1) is 13.5. The molecule has 1 heterocycles. The zero-order chi connectivity index (χ0) is 13.0. The second-order valence-corrected chi connectivity index (χ2v) is 6.85. The summed E-state index contributed by atoms with van der Waals surface area (Å²) in [7, 11) is 0. The molecular formula is C13H12BrNOS2. The third-order valence-corrected chi connectivity index (χ3v) is 4.05. The van der Waals surface area contributed by atoms with E-state index < -0.39 is 0 Å². The number of hydrogen-bond acceptors (Lipinski definition) is 3. The highest BCUT2D eigenvalue weighted by molar-refractivity contribution is 9.11. The predicted molar refractivity (Wildman–Crippen MR) is 83.3 cm³/mol. The van der Waals surface area contributed by atoms with Crippen molar-refractivity contribution in [2.75, 3.05) is 0 Å². The van der Waals surface area contributed by atoms with Crippen LogP contribution in [0, 0.1) is 0 Å². The van der Waals surface area contributed by atoms with Crippen molar-refractivity contribution in [1.82, 2.24) is 0 Å². The number of thiocarbonyl (C=S) groups is 1. The number of hydrogen-bond donors (Lipinski definition) is 1. The Morgan fingerprint density at radius 1 is 1.22 bits per heavy atom. The van der Waals surface area contributed by atoms with E-state index in [-0.39, 0.29) is 0 Å². The van der Waals surface area contributed by atoms with E-state index >= 15 is 0 Å². The molecule has 2 N–H and O–H groups in total. The van der Waals surface area contributed by atoms with Crippen LogP contribution in [0.4, 0.5) is 0 Å². The van der Waals surface area contributed by atoms with Crippen molar-refractivity contribution in [2.45, 2.75) is 13.0 Å². The van der Waals surface area contributed by atoms with Crippen LogP contribution in [-0.2, 0) is 13.0 Å². The second-order valence-electron chi connectivity index (χ2n) is 3.78. The molecule has 0 unspecified atom stereocenters. The third kappa shape index (κ3) is 4.08. The summed E-state index contributed by atoms with van der Waals surface area (Å²) in [5.41, 5.74) is 6.60. The Balaban J connectivity index is 1.92. The summed E-state index contributed by atoms with van der Waals surface area (Å²) in [6.45, 7) is 0.588. The van der Waals surface area contributed by atoms with Gasteiger partial charge in [-0.1, -0.05) is 24.4 Å². The van der Waals surface area contributed by atoms with Gasteiger partial charge in [-0.25, -0.2) is 0 Å². The van der Waals surface area contributed by atoms with Crippen LogP contribution in [0.25, 0.3) is 0 Å². The maximum absolute atomic E-state index is 5.69. The van der Waals surface area contributed by atoms with E-state index in [4.69, 9.17) is 22.7 Å². The van der Waals surface area contributed by atoms with E-state index in [0.29, 0.717) is 18.0 Å². The molecule has 0 aliphatic heterocycles. The van der Waals surface area contributed by atoms with Gasteiger partial charge in [0.25, 0.3) is 0 Å². The molecule has 0 bridgehead atoms. The molecule has 0 amide bonds. The number of benzene rings is 1. The molecule has 0 spiro atoms. The molecule has 0 atom stereocenters. The predicted octanol–water partition coefficient (Wildman–Crippen LogP) is 3.92. The third-order valence-electron chi connectivity index (χ3n) is 2.31. The van der Waals surface area contributed by atoms with Crippen molar-refractivity contribution in [3.63, 3.8) is 0 Å². The van der Waals surface area contributed by atoms with E-state index in [1.807, 2.05) is 30.3 Å². The first-order chi connectivity index (χ1) is 8.63. The maximum atomic E-state index is 5.69.